The highest BCUT2D eigenvalue weighted by atomic mass is 16.5. The number of carbonyl (C=O) groups excluding carboxylic acids is 1. The van der Waals surface area contributed by atoms with Crippen molar-refractivity contribution in [2.45, 2.75) is 33.3 Å². The molecule has 35 heavy (non-hydrogen) atoms. The van der Waals surface area contributed by atoms with Crippen LogP contribution in [0.25, 0.3) is 0 Å². The Labute approximate surface area is 211 Å². The molecule has 0 spiro atoms. The Morgan fingerprint density at radius 2 is 1.54 bits per heavy atom. The Hall–Kier alpha value is -2.41. The van der Waals surface area contributed by atoms with Gasteiger partial charge in [-0.3, -0.25) is 9.69 Å². The van der Waals surface area contributed by atoms with Gasteiger partial charge in [0.1, 0.15) is 11.5 Å². The minimum atomic E-state index is -0.111. The first-order valence-electron chi connectivity index (χ1n) is 12.8. The Balaban J connectivity index is 1.52. The third-order valence-corrected chi connectivity index (χ3v) is 6.73. The summed E-state index contributed by atoms with van der Waals surface area (Å²) in [6.07, 6.45) is 1.16. The number of ether oxygens (including phenoxy) is 3. The van der Waals surface area contributed by atoms with Crippen molar-refractivity contribution >= 4 is 5.78 Å². The summed E-state index contributed by atoms with van der Waals surface area (Å²) in [6.45, 7) is 12.7. The van der Waals surface area contributed by atoms with E-state index in [4.69, 9.17) is 14.2 Å². The van der Waals surface area contributed by atoms with Crippen LogP contribution in [-0.2, 0) is 4.74 Å². The molecule has 1 fully saturated rings. The fraction of sp³-hybridized carbons (Fsp3) is 0.552. The van der Waals surface area contributed by atoms with E-state index in [0.717, 1.165) is 52.3 Å². The van der Waals surface area contributed by atoms with E-state index in [2.05, 4.69) is 54.0 Å². The Bertz CT molecular complexity index is 910. The first-order valence-corrected chi connectivity index (χ1v) is 12.8. The van der Waals surface area contributed by atoms with Crippen molar-refractivity contribution in [2.75, 3.05) is 60.1 Å². The van der Waals surface area contributed by atoms with Gasteiger partial charge in [-0.2, -0.15) is 0 Å². The lowest BCUT2D eigenvalue weighted by atomic mass is 9.97. The van der Waals surface area contributed by atoms with Crippen LogP contribution >= 0.6 is 0 Å². The van der Waals surface area contributed by atoms with E-state index in [1.54, 1.807) is 26.4 Å². The van der Waals surface area contributed by atoms with Crippen molar-refractivity contribution in [3.05, 3.63) is 59.7 Å². The number of methoxy groups -OCH3 is 2. The molecule has 6 nitrogen and oxygen atoms in total. The average molecular weight is 483 g/mol. The zero-order chi connectivity index (χ0) is 25.2. The molecule has 0 saturated carbocycles. The molecule has 0 N–H and O–H groups in total. The van der Waals surface area contributed by atoms with Crippen LogP contribution in [0.2, 0.25) is 0 Å². The number of hydrogen-bond donors (Lipinski definition) is 0. The van der Waals surface area contributed by atoms with Crippen molar-refractivity contribution in [1.82, 2.24) is 9.80 Å². The molecule has 1 aliphatic heterocycles. The minimum Gasteiger partial charge on any atom is -0.497 e. The molecule has 2 atom stereocenters. The molecule has 192 valence electrons. The molecule has 1 heterocycles. The van der Waals surface area contributed by atoms with Crippen molar-refractivity contribution in [2.24, 2.45) is 11.8 Å². The second-order valence-corrected chi connectivity index (χ2v) is 9.89. The number of benzene rings is 2. The van der Waals surface area contributed by atoms with Crippen molar-refractivity contribution in [3.8, 4) is 11.5 Å². The lowest BCUT2D eigenvalue weighted by Crippen LogP contribution is -2.49. The second kappa shape index (κ2) is 13.6. The maximum absolute atomic E-state index is 13.1. The van der Waals surface area contributed by atoms with E-state index in [-0.39, 0.29) is 17.8 Å². The third kappa shape index (κ3) is 8.06. The first-order chi connectivity index (χ1) is 16.9. The molecule has 0 aliphatic carbocycles. The lowest BCUT2D eigenvalue weighted by molar-refractivity contribution is 0.00702. The maximum Gasteiger partial charge on any atom is 0.170 e. The molecule has 0 amide bonds. The maximum atomic E-state index is 13.1. The molecule has 6 heteroatoms. The number of Topliss-reactive ketones (excluding diaryl/α,β-unsaturated/α-hetero) is 1. The highest BCUT2D eigenvalue weighted by molar-refractivity contribution is 6.00. The summed E-state index contributed by atoms with van der Waals surface area (Å²) < 4.78 is 17.0. The highest BCUT2D eigenvalue weighted by Crippen LogP contribution is 2.27. The lowest BCUT2D eigenvalue weighted by Gasteiger charge is -2.37. The Morgan fingerprint density at radius 1 is 0.886 bits per heavy atom. The zero-order valence-electron chi connectivity index (χ0n) is 22.0. The van der Waals surface area contributed by atoms with E-state index in [1.165, 1.54) is 5.56 Å². The molecular weight excluding hydrogens is 440 g/mol. The van der Waals surface area contributed by atoms with Gasteiger partial charge in [0.05, 0.1) is 25.9 Å². The molecule has 0 aromatic heterocycles. The molecule has 2 aromatic rings. The second-order valence-electron chi connectivity index (χ2n) is 9.89. The smallest absolute Gasteiger partial charge is 0.170 e. The van der Waals surface area contributed by atoms with Gasteiger partial charge >= 0.3 is 0 Å². The van der Waals surface area contributed by atoms with Crippen molar-refractivity contribution < 1.29 is 19.0 Å². The summed E-state index contributed by atoms with van der Waals surface area (Å²) in [5, 5.41) is 0. The monoisotopic (exact) mass is 482 g/mol. The number of carbonyl (C=O) groups is 1. The molecule has 1 aliphatic rings. The summed E-state index contributed by atoms with van der Waals surface area (Å²) >= 11 is 0. The van der Waals surface area contributed by atoms with Gasteiger partial charge < -0.3 is 19.1 Å². The van der Waals surface area contributed by atoms with Crippen LogP contribution in [0.5, 0.6) is 11.5 Å². The summed E-state index contributed by atoms with van der Waals surface area (Å²) in [7, 11) is 3.20. The summed E-state index contributed by atoms with van der Waals surface area (Å²) in [5.74, 6) is 1.88. The van der Waals surface area contributed by atoms with Crippen molar-refractivity contribution in [3.63, 3.8) is 0 Å². The Morgan fingerprint density at radius 3 is 2.14 bits per heavy atom. The minimum absolute atomic E-state index is 0.0875. The normalized spacial score (nSPS) is 16.7. The van der Waals surface area contributed by atoms with E-state index in [1.807, 2.05) is 13.0 Å². The van der Waals surface area contributed by atoms with Gasteiger partial charge in [0, 0.05) is 57.9 Å². The molecule has 1 saturated heterocycles. The van der Waals surface area contributed by atoms with Crippen LogP contribution in [0.4, 0.5) is 0 Å². The van der Waals surface area contributed by atoms with Gasteiger partial charge in [0.2, 0.25) is 0 Å². The van der Waals surface area contributed by atoms with Crippen LogP contribution in [0.3, 0.4) is 0 Å². The average Bonchev–Trinajstić information content (AvgIpc) is 2.88. The van der Waals surface area contributed by atoms with Crippen LogP contribution in [-0.4, -0.2) is 75.7 Å². The fourth-order valence-corrected chi connectivity index (χ4v) is 4.49. The van der Waals surface area contributed by atoms with Crippen molar-refractivity contribution in [1.29, 1.82) is 0 Å². The predicted octanol–water partition coefficient (Wildman–Crippen LogP) is 4.94. The molecule has 2 unspecified atom stereocenters. The highest BCUT2D eigenvalue weighted by Gasteiger charge is 2.26. The van der Waals surface area contributed by atoms with E-state index in [9.17, 15) is 4.79 Å². The number of piperazine rings is 1. The van der Waals surface area contributed by atoms with E-state index < -0.39 is 0 Å². The van der Waals surface area contributed by atoms with Gasteiger partial charge in [0.15, 0.2) is 5.78 Å². The van der Waals surface area contributed by atoms with Crippen LogP contribution in [0, 0.1) is 11.8 Å². The number of rotatable bonds is 13. The van der Waals surface area contributed by atoms with Gasteiger partial charge in [-0.1, -0.05) is 51.1 Å². The van der Waals surface area contributed by atoms with Gasteiger partial charge in [-0.05, 0) is 30.0 Å². The van der Waals surface area contributed by atoms with Gasteiger partial charge in [-0.25, -0.2) is 0 Å². The zero-order valence-corrected chi connectivity index (χ0v) is 22.0. The molecular formula is C29H42N2O4. The third-order valence-electron chi connectivity index (χ3n) is 6.73. The van der Waals surface area contributed by atoms with Gasteiger partial charge in [-0.15, -0.1) is 0 Å². The predicted molar refractivity (Wildman–Crippen MR) is 141 cm³/mol. The summed E-state index contributed by atoms with van der Waals surface area (Å²) in [6, 6.07) is 15.9. The summed E-state index contributed by atoms with van der Waals surface area (Å²) in [5.41, 5.74) is 1.86. The number of ketones is 1. The topological polar surface area (TPSA) is 51.2 Å². The van der Waals surface area contributed by atoms with Gasteiger partial charge in [0.25, 0.3) is 0 Å². The summed E-state index contributed by atoms with van der Waals surface area (Å²) in [4.78, 5) is 18.0. The fourth-order valence-electron chi connectivity index (χ4n) is 4.49. The van der Waals surface area contributed by atoms with E-state index in [0.29, 0.717) is 23.0 Å². The quantitative estimate of drug-likeness (QED) is 0.377. The van der Waals surface area contributed by atoms with E-state index >= 15 is 0 Å². The Kier molecular flexibility index (Phi) is 10.6. The molecule has 2 aromatic carbocycles. The SMILES string of the molecule is COc1ccc(C(=O)C(C)CN2CCN(CC(OCCC(C)C)c3ccccc3)CC2)c(OC)c1. The van der Waals surface area contributed by atoms with Crippen LogP contribution < -0.4 is 9.47 Å². The molecule has 0 radical (unpaired) electrons. The van der Waals surface area contributed by atoms with Crippen LogP contribution in [0.15, 0.2) is 48.5 Å². The van der Waals surface area contributed by atoms with Crippen LogP contribution in [0.1, 0.15) is 49.2 Å². The molecule has 0 bridgehead atoms. The number of hydrogen-bond acceptors (Lipinski definition) is 6. The first kappa shape index (κ1) is 27.2. The molecule has 3 rings (SSSR count). The standard InChI is InChI=1S/C29H42N2O4/c1-22(2)13-18-35-28(24-9-7-6-8-10-24)21-31-16-14-30(15-17-31)20-23(3)29(32)26-12-11-25(33-4)19-27(26)34-5/h6-12,19,22-23,28H,13-18,20-21H2,1-5H3. The largest absolute Gasteiger partial charge is 0.497 e. The number of nitrogens with zero attached hydrogens (tertiary/aromatic N) is 2.